The molecule has 0 aliphatic heterocycles. The van der Waals surface area contributed by atoms with Crippen LogP contribution in [-0.4, -0.2) is 11.7 Å². The van der Waals surface area contributed by atoms with Crippen LogP contribution in [0.5, 0.6) is 5.75 Å². The minimum atomic E-state index is -0.446. The molecule has 1 aromatic carbocycles. The molecule has 1 N–H and O–H groups in total. The van der Waals surface area contributed by atoms with Crippen LogP contribution in [0.2, 0.25) is 0 Å². The van der Waals surface area contributed by atoms with Gasteiger partial charge in [-0.15, -0.1) is 6.58 Å². The number of ether oxygens (including phenoxy) is 1. The van der Waals surface area contributed by atoms with Crippen LogP contribution in [0.15, 0.2) is 36.9 Å². The molecular weight excluding hydrogens is 176 g/mol. The van der Waals surface area contributed by atoms with Crippen molar-refractivity contribution in [1.29, 1.82) is 0 Å². The third kappa shape index (κ3) is 3.23. The van der Waals surface area contributed by atoms with E-state index in [1.165, 1.54) is 0 Å². The zero-order chi connectivity index (χ0) is 10.4. The predicted octanol–water partition coefficient (Wildman–Crippen LogP) is 2.69. The smallest absolute Gasteiger partial charge is 0.119 e. The summed E-state index contributed by atoms with van der Waals surface area (Å²) in [6.07, 6.45) is 2.20. The fraction of sp³-hybridized carbons (Fsp3) is 0.333. The molecule has 1 aromatic rings. The van der Waals surface area contributed by atoms with E-state index in [2.05, 4.69) is 6.58 Å². The Labute approximate surface area is 84.8 Å². The second-order valence-corrected chi connectivity index (χ2v) is 3.17. The number of benzene rings is 1. The number of hydrogen-bond acceptors (Lipinski definition) is 2. The van der Waals surface area contributed by atoms with Gasteiger partial charge in [-0.1, -0.05) is 18.2 Å². The van der Waals surface area contributed by atoms with Gasteiger partial charge in [0, 0.05) is 0 Å². The van der Waals surface area contributed by atoms with Crippen LogP contribution >= 0.6 is 0 Å². The summed E-state index contributed by atoms with van der Waals surface area (Å²) in [5.41, 5.74) is 0.876. The third-order valence-electron chi connectivity index (χ3n) is 1.93. The standard InChI is InChI=1S/C12H16O2/c1-3-4-8-14-12-7-5-6-11(9-12)10(2)13/h3,5-7,9-10,13H,1,4,8H2,2H3. The van der Waals surface area contributed by atoms with Gasteiger partial charge >= 0.3 is 0 Å². The number of hydrogen-bond donors (Lipinski definition) is 1. The normalized spacial score (nSPS) is 12.1. The molecule has 1 unspecified atom stereocenters. The quantitative estimate of drug-likeness (QED) is 0.574. The molecule has 0 fully saturated rings. The maximum absolute atomic E-state index is 9.35. The molecule has 1 atom stereocenters. The predicted molar refractivity (Wildman–Crippen MR) is 57.4 cm³/mol. The highest BCUT2D eigenvalue weighted by Crippen LogP contribution is 2.18. The van der Waals surface area contributed by atoms with Gasteiger partial charge in [-0.2, -0.15) is 0 Å². The zero-order valence-electron chi connectivity index (χ0n) is 8.44. The Morgan fingerprint density at radius 1 is 1.57 bits per heavy atom. The summed E-state index contributed by atoms with van der Waals surface area (Å²) in [6.45, 7) is 5.99. The maximum atomic E-state index is 9.35. The lowest BCUT2D eigenvalue weighted by molar-refractivity contribution is 0.198. The summed E-state index contributed by atoms with van der Waals surface area (Å²) in [7, 11) is 0. The first-order valence-corrected chi connectivity index (χ1v) is 4.75. The molecule has 0 saturated heterocycles. The minimum Gasteiger partial charge on any atom is -0.493 e. The minimum absolute atomic E-state index is 0.446. The molecule has 2 heteroatoms. The van der Waals surface area contributed by atoms with Gasteiger partial charge in [-0.3, -0.25) is 0 Å². The Morgan fingerprint density at radius 3 is 3.00 bits per heavy atom. The molecule has 0 amide bonds. The Balaban J connectivity index is 2.59. The first-order valence-electron chi connectivity index (χ1n) is 4.75. The van der Waals surface area contributed by atoms with Crippen molar-refractivity contribution in [2.45, 2.75) is 19.4 Å². The summed E-state index contributed by atoms with van der Waals surface area (Å²) in [5, 5.41) is 9.35. The summed E-state index contributed by atoms with van der Waals surface area (Å²) in [4.78, 5) is 0. The van der Waals surface area contributed by atoms with E-state index in [1.54, 1.807) is 6.92 Å². The maximum Gasteiger partial charge on any atom is 0.119 e. The van der Waals surface area contributed by atoms with E-state index in [9.17, 15) is 5.11 Å². The second kappa shape index (κ2) is 5.45. The van der Waals surface area contributed by atoms with Crippen LogP contribution in [0.3, 0.4) is 0 Å². The Bertz CT molecular complexity index is 292. The van der Waals surface area contributed by atoms with Crippen molar-refractivity contribution >= 4 is 0 Å². The molecule has 1 rings (SSSR count). The highest BCUT2D eigenvalue weighted by Gasteiger charge is 2.01. The van der Waals surface area contributed by atoms with Crippen LogP contribution in [0.4, 0.5) is 0 Å². The fourth-order valence-electron chi connectivity index (χ4n) is 1.12. The van der Waals surface area contributed by atoms with Crippen molar-refractivity contribution in [2.75, 3.05) is 6.61 Å². The molecule has 76 valence electrons. The molecular formula is C12H16O2. The zero-order valence-corrected chi connectivity index (χ0v) is 8.44. The molecule has 0 spiro atoms. The molecule has 2 nitrogen and oxygen atoms in total. The van der Waals surface area contributed by atoms with Gasteiger partial charge < -0.3 is 9.84 Å². The number of aliphatic hydroxyl groups excluding tert-OH is 1. The Hall–Kier alpha value is -1.28. The first-order chi connectivity index (χ1) is 6.74. The highest BCUT2D eigenvalue weighted by molar-refractivity contribution is 5.29. The Morgan fingerprint density at radius 2 is 2.36 bits per heavy atom. The molecule has 0 bridgehead atoms. The SMILES string of the molecule is C=CCCOc1cccc(C(C)O)c1. The van der Waals surface area contributed by atoms with Gasteiger partial charge in [-0.25, -0.2) is 0 Å². The van der Waals surface area contributed by atoms with Gasteiger partial charge in [0.05, 0.1) is 12.7 Å². The summed E-state index contributed by atoms with van der Waals surface area (Å²) >= 11 is 0. The molecule has 14 heavy (non-hydrogen) atoms. The van der Waals surface area contributed by atoms with Crippen molar-refractivity contribution in [3.05, 3.63) is 42.5 Å². The lowest BCUT2D eigenvalue weighted by atomic mass is 10.1. The number of rotatable bonds is 5. The van der Waals surface area contributed by atoms with E-state index in [-0.39, 0.29) is 0 Å². The summed E-state index contributed by atoms with van der Waals surface area (Å²) in [5.74, 6) is 0.797. The summed E-state index contributed by atoms with van der Waals surface area (Å²) < 4.78 is 5.45. The lowest BCUT2D eigenvalue weighted by Gasteiger charge is -2.08. The van der Waals surface area contributed by atoms with Gasteiger partial charge in [0.25, 0.3) is 0 Å². The van der Waals surface area contributed by atoms with Crippen LogP contribution < -0.4 is 4.74 Å². The molecule has 0 aliphatic carbocycles. The second-order valence-electron chi connectivity index (χ2n) is 3.17. The molecule has 0 radical (unpaired) electrons. The van der Waals surface area contributed by atoms with Crippen LogP contribution in [0, 0.1) is 0 Å². The van der Waals surface area contributed by atoms with Crippen LogP contribution in [-0.2, 0) is 0 Å². The van der Waals surface area contributed by atoms with E-state index < -0.39 is 6.10 Å². The van der Waals surface area contributed by atoms with Crippen LogP contribution in [0.25, 0.3) is 0 Å². The molecule has 0 heterocycles. The third-order valence-corrected chi connectivity index (χ3v) is 1.93. The van der Waals surface area contributed by atoms with Crippen molar-refractivity contribution in [2.24, 2.45) is 0 Å². The van der Waals surface area contributed by atoms with Crippen molar-refractivity contribution in [1.82, 2.24) is 0 Å². The van der Waals surface area contributed by atoms with E-state index in [1.807, 2.05) is 30.3 Å². The van der Waals surface area contributed by atoms with Crippen molar-refractivity contribution < 1.29 is 9.84 Å². The van der Waals surface area contributed by atoms with E-state index >= 15 is 0 Å². The molecule has 0 aliphatic rings. The van der Waals surface area contributed by atoms with Gasteiger partial charge in [0.2, 0.25) is 0 Å². The van der Waals surface area contributed by atoms with E-state index in [0.29, 0.717) is 6.61 Å². The van der Waals surface area contributed by atoms with Crippen molar-refractivity contribution in [3.63, 3.8) is 0 Å². The monoisotopic (exact) mass is 192 g/mol. The van der Waals surface area contributed by atoms with E-state index in [0.717, 1.165) is 17.7 Å². The lowest BCUT2D eigenvalue weighted by Crippen LogP contribution is -1.97. The van der Waals surface area contributed by atoms with Gasteiger partial charge in [0.15, 0.2) is 0 Å². The topological polar surface area (TPSA) is 29.5 Å². The fourth-order valence-corrected chi connectivity index (χ4v) is 1.12. The van der Waals surface area contributed by atoms with Crippen molar-refractivity contribution in [3.8, 4) is 5.75 Å². The number of aliphatic hydroxyl groups is 1. The summed E-state index contributed by atoms with van der Waals surface area (Å²) in [6, 6.07) is 7.50. The average Bonchev–Trinajstić information content (AvgIpc) is 2.19. The average molecular weight is 192 g/mol. The Kier molecular flexibility index (Phi) is 4.20. The van der Waals surface area contributed by atoms with E-state index in [4.69, 9.17) is 4.74 Å². The largest absolute Gasteiger partial charge is 0.493 e. The van der Waals surface area contributed by atoms with Gasteiger partial charge in [-0.05, 0) is 31.0 Å². The molecule has 0 saturated carbocycles. The first kappa shape index (κ1) is 10.8. The molecule has 0 aromatic heterocycles. The van der Waals surface area contributed by atoms with Crippen LogP contribution in [0.1, 0.15) is 25.0 Å². The highest BCUT2D eigenvalue weighted by atomic mass is 16.5. The van der Waals surface area contributed by atoms with Gasteiger partial charge in [0.1, 0.15) is 5.75 Å².